The fraction of sp³-hybridized carbons (Fsp3) is 0.286. The van der Waals surface area contributed by atoms with Gasteiger partial charge in [-0.1, -0.05) is 42.4 Å². The minimum Gasteiger partial charge on any atom is -0.313 e. The molecule has 1 N–H and O–H groups in total. The molecule has 1 nitrogen and oxygen atoms in total. The van der Waals surface area contributed by atoms with E-state index in [4.69, 9.17) is 0 Å². The third-order valence-corrected chi connectivity index (χ3v) is 4.64. The minimum absolute atomic E-state index is 0.950. The number of thiophene rings is 1. The summed E-state index contributed by atoms with van der Waals surface area (Å²) in [4.78, 5) is 1.36. The topological polar surface area (TPSA) is 12.0 Å². The molecule has 0 aliphatic rings. The molecular formula is C14H17NS2. The number of hydrogen-bond acceptors (Lipinski definition) is 3. The number of benzene rings is 1. The monoisotopic (exact) mass is 263 g/mol. The molecule has 1 heterocycles. The molecule has 0 atom stereocenters. The van der Waals surface area contributed by atoms with E-state index in [1.807, 2.05) is 11.8 Å². The molecule has 0 radical (unpaired) electrons. The smallest absolute Gasteiger partial charge is 0.0646 e. The van der Waals surface area contributed by atoms with Gasteiger partial charge >= 0.3 is 0 Å². The average molecular weight is 263 g/mol. The molecule has 0 spiro atoms. The van der Waals surface area contributed by atoms with Crippen LogP contribution in [-0.4, -0.2) is 6.54 Å². The Labute approximate surface area is 111 Å². The van der Waals surface area contributed by atoms with Gasteiger partial charge in [-0.25, -0.2) is 0 Å². The van der Waals surface area contributed by atoms with Crippen LogP contribution in [0.3, 0.4) is 0 Å². The Morgan fingerprint density at radius 2 is 2.18 bits per heavy atom. The Kier molecular flexibility index (Phi) is 4.66. The van der Waals surface area contributed by atoms with E-state index in [0.29, 0.717) is 0 Å². The van der Waals surface area contributed by atoms with Crippen LogP contribution in [-0.2, 0) is 6.54 Å². The third-order valence-electron chi connectivity index (χ3n) is 2.49. The molecule has 0 aliphatic heterocycles. The van der Waals surface area contributed by atoms with Crippen molar-refractivity contribution >= 4 is 23.1 Å². The summed E-state index contributed by atoms with van der Waals surface area (Å²) in [5.41, 5.74) is 2.72. The molecule has 0 saturated carbocycles. The second kappa shape index (κ2) is 6.24. The van der Waals surface area contributed by atoms with Crippen molar-refractivity contribution in [1.82, 2.24) is 5.32 Å². The first kappa shape index (κ1) is 12.7. The molecule has 1 aromatic heterocycles. The summed E-state index contributed by atoms with van der Waals surface area (Å²) in [5, 5.41) is 5.53. The maximum Gasteiger partial charge on any atom is 0.0646 e. The van der Waals surface area contributed by atoms with E-state index in [-0.39, 0.29) is 0 Å². The first-order valence-electron chi connectivity index (χ1n) is 5.81. The van der Waals surface area contributed by atoms with Gasteiger partial charge in [0.05, 0.1) is 4.21 Å². The summed E-state index contributed by atoms with van der Waals surface area (Å²) in [6.45, 7) is 6.25. The van der Waals surface area contributed by atoms with E-state index in [1.54, 1.807) is 11.3 Å². The third kappa shape index (κ3) is 3.60. The van der Waals surface area contributed by atoms with E-state index < -0.39 is 0 Å². The highest BCUT2D eigenvalue weighted by molar-refractivity contribution is 8.01. The molecule has 90 valence electrons. The summed E-state index contributed by atoms with van der Waals surface area (Å²) < 4.78 is 1.35. The van der Waals surface area contributed by atoms with Gasteiger partial charge in [0, 0.05) is 11.4 Å². The number of aryl methyl sites for hydroxylation is 1. The molecule has 3 heteroatoms. The van der Waals surface area contributed by atoms with Gasteiger partial charge in [0.25, 0.3) is 0 Å². The van der Waals surface area contributed by atoms with Crippen LogP contribution in [0.2, 0.25) is 0 Å². The molecule has 0 aliphatic carbocycles. The van der Waals surface area contributed by atoms with Gasteiger partial charge < -0.3 is 5.32 Å². The van der Waals surface area contributed by atoms with Gasteiger partial charge in [-0.2, -0.15) is 0 Å². The Bertz CT molecular complexity index is 463. The Balaban J connectivity index is 2.19. The van der Waals surface area contributed by atoms with Crippen molar-refractivity contribution in [2.24, 2.45) is 0 Å². The summed E-state index contributed by atoms with van der Waals surface area (Å²) in [6.07, 6.45) is 0. The maximum atomic E-state index is 3.40. The van der Waals surface area contributed by atoms with Gasteiger partial charge in [-0.15, -0.1) is 11.3 Å². The molecule has 0 amide bonds. The van der Waals surface area contributed by atoms with Gasteiger partial charge in [-0.05, 0) is 36.5 Å². The zero-order chi connectivity index (χ0) is 12.1. The van der Waals surface area contributed by atoms with Crippen LogP contribution in [0, 0.1) is 6.92 Å². The Morgan fingerprint density at radius 3 is 2.88 bits per heavy atom. The molecule has 0 saturated heterocycles. The molecule has 1 aromatic carbocycles. The van der Waals surface area contributed by atoms with Crippen molar-refractivity contribution in [1.29, 1.82) is 0 Å². The molecule has 0 bridgehead atoms. The van der Waals surface area contributed by atoms with Crippen molar-refractivity contribution in [3.05, 3.63) is 46.8 Å². The van der Waals surface area contributed by atoms with Crippen molar-refractivity contribution in [2.75, 3.05) is 6.54 Å². The van der Waals surface area contributed by atoms with Crippen molar-refractivity contribution in [2.45, 2.75) is 29.5 Å². The van der Waals surface area contributed by atoms with Gasteiger partial charge in [0.15, 0.2) is 0 Å². The standard InChI is InChI=1S/C14H17NS2/c1-3-15-10-12-9-11(2)6-7-13(12)17-14-5-4-8-16-14/h4-9,15H,3,10H2,1-2H3. The van der Waals surface area contributed by atoms with E-state index in [1.165, 1.54) is 20.2 Å². The lowest BCUT2D eigenvalue weighted by Gasteiger charge is -2.09. The second-order valence-corrected chi connectivity index (χ2v) is 6.22. The van der Waals surface area contributed by atoms with Gasteiger partial charge in [0.1, 0.15) is 0 Å². The lowest BCUT2D eigenvalue weighted by Crippen LogP contribution is -2.12. The van der Waals surface area contributed by atoms with Crippen molar-refractivity contribution in [3.63, 3.8) is 0 Å². The van der Waals surface area contributed by atoms with E-state index in [2.05, 4.69) is 54.9 Å². The average Bonchev–Trinajstić information content (AvgIpc) is 2.82. The van der Waals surface area contributed by atoms with Gasteiger partial charge in [0.2, 0.25) is 0 Å². The highest BCUT2D eigenvalue weighted by atomic mass is 32.2. The lowest BCUT2D eigenvalue weighted by atomic mass is 10.1. The van der Waals surface area contributed by atoms with Crippen LogP contribution in [0.5, 0.6) is 0 Å². The van der Waals surface area contributed by atoms with E-state index in [9.17, 15) is 0 Å². The van der Waals surface area contributed by atoms with Gasteiger partial charge in [-0.3, -0.25) is 0 Å². The minimum atomic E-state index is 0.950. The van der Waals surface area contributed by atoms with Crippen LogP contribution in [0.15, 0.2) is 44.8 Å². The van der Waals surface area contributed by atoms with E-state index >= 15 is 0 Å². The van der Waals surface area contributed by atoms with Crippen molar-refractivity contribution < 1.29 is 0 Å². The fourth-order valence-electron chi connectivity index (χ4n) is 1.64. The summed E-state index contributed by atoms with van der Waals surface area (Å²) in [7, 11) is 0. The maximum absolute atomic E-state index is 3.40. The molecule has 0 unspecified atom stereocenters. The second-order valence-electron chi connectivity index (χ2n) is 3.93. The zero-order valence-corrected chi connectivity index (χ0v) is 11.8. The predicted molar refractivity (Wildman–Crippen MR) is 77.0 cm³/mol. The van der Waals surface area contributed by atoms with Crippen LogP contribution < -0.4 is 5.32 Å². The SMILES string of the molecule is CCNCc1cc(C)ccc1Sc1cccs1. The van der Waals surface area contributed by atoms with Crippen LogP contribution in [0.1, 0.15) is 18.1 Å². The predicted octanol–water partition coefficient (Wildman–Crippen LogP) is 4.32. The molecule has 0 fully saturated rings. The van der Waals surface area contributed by atoms with E-state index in [0.717, 1.165) is 13.1 Å². The van der Waals surface area contributed by atoms with Crippen molar-refractivity contribution in [3.8, 4) is 0 Å². The summed E-state index contributed by atoms with van der Waals surface area (Å²) in [6, 6.07) is 11.0. The number of nitrogens with one attached hydrogen (secondary N) is 1. The fourth-order valence-corrected chi connectivity index (χ4v) is 3.47. The first-order valence-corrected chi connectivity index (χ1v) is 7.51. The lowest BCUT2D eigenvalue weighted by molar-refractivity contribution is 0.717. The number of hydrogen-bond donors (Lipinski definition) is 1. The summed E-state index contributed by atoms with van der Waals surface area (Å²) >= 11 is 3.66. The Morgan fingerprint density at radius 1 is 1.29 bits per heavy atom. The molecular weight excluding hydrogens is 246 g/mol. The highest BCUT2D eigenvalue weighted by Crippen LogP contribution is 2.33. The first-order chi connectivity index (χ1) is 8.29. The van der Waals surface area contributed by atoms with Crippen LogP contribution in [0.25, 0.3) is 0 Å². The normalized spacial score (nSPS) is 10.7. The van der Waals surface area contributed by atoms with Crippen LogP contribution in [0.4, 0.5) is 0 Å². The molecule has 2 rings (SSSR count). The largest absolute Gasteiger partial charge is 0.313 e. The Hall–Kier alpha value is -0.770. The summed E-state index contributed by atoms with van der Waals surface area (Å²) in [5.74, 6) is 0. The number of rotatable bonds is 5. The molecule has 17 heavy (non-hydrogen) atoms. The highest BCUT2D eigenvalue weighted by Gasteiger charge is 2.05. The quantitative estimate of drug-likeness (QED) is 0.862. The zero-order valence-electron chi connectivity index (χ0n) is 10.2. The van der Waals surface area contributed by atoms with Crippen LogP contribution >= 0.6 is 23.1 Å². The molecule has 2 aromatic rings.